The number of unbranched alkanes of at least 4 members (excludes halogenated alkanes) is 3. The van der Waals surface area contributed by atoms with Crippen molar-refractivity contribution in [3.8, 4) is 0 Å². The van der Waals surface area contributed by atoms with Crippen molar-refractivity contribution in [3.63, 3.8) is 0 Å². The molecule has 0 radical (unpaired) electrons. The van der Waals surface area contributed by atoms with Crippen LogP contribution in [0.25, 0.3) is 10.9 Å². The average Bonchev–Trinajstić information content (AvgIpc) is 2.55. The lowest BCUT2D eigenvalue weighted by Crippen LogP contribution is -2.44. The number of rotatable bonds is 6. The van der Waals surface area contributed by atoms with Gasteiger partial charge in [-0.15, -0.1) is 0 Å². The van der Waals surface area contributed by atoms with Crippen LogP contribution >= 0.6 is 0 Å². The lowest BCUT2D eigenvalue weighted by molar-refractivity contribution is -0.0597. The highest BCUT2D eigenvalue weighted by Gasteiger charge is 2.37. The van der Waals surface area contributed by atoms with Crippen LogP contribution in [0.1, 0.15) is 56.7 Å². The molecule has 4 heteroatoms. The van der Waals surface area contributed by atoms with E-state index in [1.807, 2.05) is 24.3 Å². The van der Waals surface area contributed by atoms with E-state index in [-0.39, 0.29) is 0 Å². The Morgan fingerprint density at radius 2 is 2.04 bits per heavy atom. The van der Waals surface area contributed by atoms with Crippen LogP contribution < -0.4 is 11.5 Å². The number of pyridine rings is 1. The van der Waals surface area contributed by atoms with Gasteiger partial charge in [0.15, 0.2) is 0 Å². The van der Waals surface area contributed by atoms with Crippen LogP contribution in [-0.4, -0.2) is 11.6 Å². The van der Waals surface area contributed by atoms with E-state index >= 15 is 0 Å². The Morgan fingerprint density at radius 3 is 2.87 bits per heavy atom. The van der Waals surface area contributed by atoms with Gasteiger partial charge < -0.3 is 10.5 Å². The largest absolute Gasteiger partial charge is 0.398 e. The number of hydrogen-bond acceptors (Lipinski definition) is 4. The number of anilines is 1. The Morgan fingerprint density at radius 1 is 1.22 bits per heavy atom. The van der Waals surface area contributed by atoms with Crippen LogP contribution in [0.2, 0.25) is 0 Å². The first-order chi connectivity index (χ1) is 11.2. The third-order valence-corrected chi connectivity index (χ3v) is 4.75. The van der Waals surface area contributed by atoms with Crippen LogP contribution in [0.4, 0.5) is 5.69 Å². The number of aromatic nitrogens is 1. The van der Waals surface area contributed by atoms with E-state index < -0.39 is 5.72 Å². The molecule has 1 atom stereocenters. The average molecular weight is 313 g/mol. The monoisotopic (exact) mass is 313 g/mol. The highest BCUT2D eigenvalue weighted by Crippen LogP contribution is 2.40. The van der Waals surface area contributed by atoms with Crippen molar-refractivity contribution < 1.29 is 4.74 Å². The summed E-state index contributed by atoms with van der Waals surface area (Å²) >= 11 is 0. The highest BCUT2D eigenvalue weighted by molar-refractivity contribution is 5.92. The number of fused-ring (bicyclic) bond motifs is 2. The molecule has 23 heavy (non-hydrogen) atoms. The maximum Gasteiger partial charge on any atom is 0.146 e. The molecule has 1 aliphatic rings. The van der Waals surface area contributed by atoms with Crippen LogP contribution in [0.3, 0.4) is 0 Å². The van der Waals surface area contributed by atoms with Crippen LogP contribution in [-0.2, 0) is 16.9 Å². The van der Waals surface area contributed by atoms with Crippen molar-refractivity contribution in [1.29, 1.82) is 0 Å². The number of para-hydroxylation sites is 1. The second kappa shape index (κ2) is 6.85. The smallest absolute Gasteiger partial charge is 0.146 e. The van der Waals surface area contributed by atoms with Crippen LogP contribution in [0, 0.1) is 0 Å². The van der Waals surface area contributed by atoms with Crippen molar-refractivity contribution in [2.45, 2.75) is 57.6 Å². The second-order valence-corrected chi connectivity index (χ2v) is 6.52. The van der Waals surface area contributed by atoms with Gasteiger partial charge in [0.1, 0.15) is 5.72 Å². The molecule has 2 aromatic rings. The minimum Gasteiger partial charge on any atom is -0.398 e. The normalized spacial score (nSPS) is 20.6. The summed E-state index contributed by atoms with van der Waals surface area (Å²) in [6.45, 7) is 2.89. The summed E-state index contributed by atoms with van der Waals surface area (Å²) < 4.78 is 6.13. The number of nitrogens with zero attached hydrogens (tertiary/aromatic N) is 1. The quantitative estimate of drug-likeness (QED) is 0.627. The maximum absolute atomic E-state index is 6.64. The molecule has 1 aromatic heterocycles. The van der Waals surface area contributed by atoms with Gasteiger partial charge in [0.05, 0.1) is 16.9 Å². The van der Waals surface area contributed by atoms with E-state index in [1.54, 1.807) is 0 Å². The molecule has 1 aromatic carbocycles. The summed E-state index contributed by atoms with van der Waals surface area (Å²) in [7, 11) is 0. The Bertz CT molecular complexity index is 686. The third-order valence-electron chi connectivity index (χ3n) is 4.75. The molecule has 0 amide bonds. The van der Waals surface area contributed by atoms with E-state index in [1.165, 1.54) is 19.3 Å². The fraction of sp³-hybridized carbons (Fsp3) is 0.526. The highest BCUT2D eigenvalue weighted by atomic mass is 16.5. The first-order valence-corrected chi connectivity index (χ1v) is 8.76. The molecule has 1 aliphatic carbocycles. The SMILES string of the molecule is CCCCCCOC1(N)CCCc2nc3ccccc3c(N)c21. The van der Waals surface area contributed by atoms with Crippen molar-refractivity contribution in [2.24, 2.45) is 5.73 Å². The zero-order chi connectivity index (χ0) is 16.3. The molecular formula is C19H27N3O. The lowest BCUT2D eigenvalue weighted by atomic mass is 9.86. The predicted octanol–water partition coefficient (Wildman–Crippen LogP) is 3.86. The summed E-state index contributed by atoms with van der Waals surface area (Å²) in [5, 5.41) is 0.970. The third kappa shape index (κ3) is 3.19. The standard InChI is InChI=1S/C19H27N3O/c1-2-3-4-7-13-23-19(21)12-8-11-16-17(19)18(20)14-9-5-6-10-15(14)22-16/h5-6,9-10H,2-4,7-8,11-13,21H2,1H3,(H2,20,22). The minimum absolute atomic E-state index is 0.683. The molecule has 0 saturated heterocycles. The Labute approximate surface area is 138 Å². The zero-order valence-electron chi connectivity index (χ0n) is 14.0. The van der Waals surface area contributed by atoms with Gasteiger partial charge in [-0.05, 0) is 31.7 Å². The van der Waals surface area contributed by atoms with E-state index in [0.29, 0.717) is 6.61 Å². The predicted molar refractivity (Wildman–Crippen MR) is 95.1 cm³/mol. The van der Waals surface area contributed by atoms with Gasteiger partial charge in [-0.3, -0.25) is 10.7 Å². The molecule has 4 N–H and O–H groups in total. The summed E-state index contributed by atoms with van der Waals surface area (Å²) in [6.07, 6.45) is 7.41. The molecule has 0 fully saturated rings. The molecular weight excluding hydrogens is 286 g/mol. The minimum atomic E-state index is -0.791. The number of nitrogens with two attached hydrogens (primary N) is 2. The van der Waals surface area contributed by atoms with Gasteiger partial charge in [0, 0.05) is 17.6 Å². The first-order valence-electron chi connectivity index (χ1n) is 8.76. The topological polar surface area (TPSA) is 74.2 Å². The van der Waals surface area contributed by atoms with E-state index in [0.717, 1.165) is 53.5 Å². The summed E-state index contributed by atoms with van der Waals surface area (Å²) in [6, 6.07) is 7.99. The van der Waals surface area contributed by atoms with Gasteiger partial charge in [-0.1, -0.05) is 44.4 Å². The van der Waals surface area contributed by atoms with Gasteiger partial charge in [0.25, 0.3) is 0 Å². The Kier molecular flexibility index (Phi) is 4.83. The molecule has 124 valence electrons. The molecule has 0 bridgehead atoms. The maximum atomic E-state index is 6.64. The Balaban J connectivity index is 1.90. The number of aryl methyl sites for hydroxylation is 1. The van der Waals surface area contributed by atoms with E-state index in [9.17, 15) is 0 Å². The fourth-order valence-electron chi connectivity index (χ4n) is 3.51. The van der Waals surface area contributed by atoms with Crippen molar-refractivity contribution in [2.75, 3.05) is 12.3 Å². The molecule has 0 saturated carbocycles. The van der Waals surface area contributed by atoms with Crippen molar-refractivity contribution in [3.05, 3.63) is 35.5 Å². The van der Waals surface area contributed by atoms with Gasteiger partial charge in [-0.25, -0.2) is 0 Å². The number of hydrogen-bond donors (Lipinski definition) is 2. The van der Waals surface area contributed by atoms with Gasteiger partial charge in [-0.2, -0.15) is 0 Å². The van der Waals surface area contributed by atoms with E-state index in [2.05, 4.69) is 6.92 Å². The summed E-state index contributed by atoms with van der Waals surface area (Å²) in [4.78, 5) is 4.79. The van der Waals surface area contributed by atoms with Crippen molar-refractivity contribution >= 4 is 16.6 Å². The number of nitrogen functional groups attached to an aromatic ring is 1. The van der Waals surface area contributed by atoms with E-state index in [4.69, 9.17) is 21.2 Å². The molecule has 0 spiro atoms. The zero-order valence-corrected chi connectivity index (χ0v) is 14.0. The Hall–Kier alpha value is -1.65. The molecule has 4 nitrogen and oxygen atoms in total. The van der Waals surface area contributed by atoms with Gasteiger partial charge in [0.2, 0.25) is 0 Å². The lowest BCUT2D eigenvalue weighted by Gasteiger charge is -2.36. The summed E-state index contributed by atoms with van der Waals surface area (Å²) in [5.41, 5.74) is 15.9. The molecule has 0 aliphatic heterocycles. The molecule has 1 unspecified atom stereocenters. The fourth-order valence-corrected chi connectivity index (χ4v) is 3.51. The van der Waals surface area contributed by atoms with Gasteiger partial charge >= 0.3 is 0 Å². The molecule has 3 rings (SSSR count). The summed E-state index contributed by atoms with van der Waals surface area (Å²) in [5.74, 6) is 0. The molecule has 1 heterocycles. The van der Waals surface area contributed by atoms with Crippen molar-refractivity contribution in [1.82, 2.24) is 4.98 Å². The number of benzene rings is 1. The first kappa shape index (κ1) is 16.2. The van der Waals surface area contributed by atoms with Crippen LogP contribution in [0.15, 0.2) is 24.3 Å². The number of ether oxygens (including phenoxy) is 1. The second-order valence-electron chi connectivity index (χ2n) is 6.52. The van der Waals surface area contributed by atoms with Crippen LogP contribution in [0.5, 0.6) is 0 Å².